The minimum absolute atomic E-state index is 0.0542. The van der Waals surface area contributed by atoms with Crippen LogP contribution >= 0.6 is 0 Å². The molecule has 2 amide bonds. The Morgan fingerprint density at radius 1 is 1.04 bits per heavy atom. The van der Waals surface area contributed by atoms with Gasteiger partial charge in [0.1, 0.15) is 6.61 Å². The topological polar surface area (TPSA) is 85.9 Å². The Bertz CT molecular complexity index is 863. The monoisotopic (exact) mass is 382 g/mol. The lowest BCUT2D eigenvalue weighted by Gasteiger charge is -2.25. The molecule has 2 aliphatic heterocycles. The highest BCUT2D eigenvalue weighted by molar-refractivity contribution is 6.04. The number of amides is 2. The molecular formula is C21H22N2O5. The Labute approximate surface area is 163 Å². The molecule has 7 nitrogen and oxygen atoms in total. The zero-order valence-electron chi connectivity index (χ0n) is 15.4. The van der Waals surface area contributed by atoms with Gasteiger partial charge in [-0.15, -0.1) is 0 Å². The van der Waals surface area contributed by atoms with Crippen molar-refractivity contribution < 1.29 is 23.8 Å². The van der Waals surface area contributed by atoms with Gasteiger partial charge in [0.15, 0.2) is 11.5 Å². The normalized spacial score (nSPS) is 20.4. The van der Waals surface area contributed by atoms with E-state index in [2.05, 4.69) is 10.6 Å². The molecular weight excluding hydrogens is 360 g/mol. The number of hydrogen-bond donors (Lipinski definition) is 2. The van der Waals surface area contributed by atoms with Gasteiger partial charge in [-0.05, 0) is 37.1 Å². The van der Waals surface area contributed by atoms with E-state index in [1.807, 2.05) is 12.1 Å². The first-order valence-electron chi connectivity index (χ1n) is 9.39. The van der Waals surface area contributed by atoms with Crippen LogP contribution in [-0.4, -0.2) is 43.8 Å². The second-order valence-corrected chi connectivity index (χ2v) is 6.74. The van der Waals surface area contributed by atoms with Crippen molar-refractivity contribution >= 4 is 17.5 Å². The van der Waals surface area contributed by atoms with Gasteiger partial charge in [-0.25, -0.2) is 0 Å². The third-order valence-corrected chi connectivity index (χ3v) is 4.74. The fraction of sp³-hybridized carbons (Fsp3) is 0.333. The lowest BCUT2D eigenvalue weighted by molar-refractivity contribution is -0.125. The van der Waals surface area contributed by atoms with Crippen LogP contribution in [-0.2, 0) is 9.53 Å². The van der Waals surface area contributed by atoms with Crippen LogP contribution in [0.15, 0.2) is 48.5 Å². The molecule has 0 bridgehead atoms. The highest BCUT2D eigenvalue weighted by Gasteiger charge is 2.28. The number of ether oxygens (including phenoxy) is 3. The van der Waals surface area contributed by atoms with Crippen LogP contribution in [0.3, 0.4) is 0 Å². The van der Waals surface area contributed by atoms with Crippen molar-refractivity contribution in [2.45, 2.75) is 25.0 Å². The third kappa shape index (κ3) is 4.09. The van der Waals surface area contributed by atoms with E-state index in [-0.39, 0.29) is 24.5 Å². The number of para-hydroxylation sites is 3. The first kappa shape index (κ1) is 18.3. The molecule has 0 aromatic heterocycles. The number of anilines is 1. The minimum Gasteiger partial charge on any atom is -0.485 e. The number of benzene rings is 2. The predicted molar refractivity (Wildman–Crippen MR) is 103 cm³/mol. The molecule has 2 N–H and O–H groups in total. The summed E-state index contributed by atoms with van der Waals surface area (Å²) in [5, 5.41) is 5.66. The van der Waals surface area contributed by atoms with E-state index >= 15 is 0 Å². The van der Waals surface area contributed by atoms with Gasteiger partial charge in [0.2, 0.25) is 6.10 Å². The van der Waals surface area contributed by atoms with Crippen LogP contribution in [0.4, 0.5) is 5.69 Å². The van der Waals surface area contributed by atoms with Gasteiger partial charge < -0.3 is 24.8 Å². The van der Waals surface area contributed by atoms with Crippen LogP contribution in [0.1, 0.15) is 23.2 Å². The van der Waals surface area contributed by atoms with Crippen LogP contribution < -0.4 is 20.1 Å². The molecule has 2 aromatic rings. The first-order chi connectivity index (χ1) is 13.7. The molecule has 0 aliphatic carbocycles. The van der Waals surface area contributed by atoms with Gasteiger partial charge in [0.05, 0.1) is 17.4 Å². The number of rotatable bonds is 5. The summed E-state index contributed by atoms with van der Waals surface area (Å²) in [4.78, 5) is 25.2. The largest absolute Gasteiger partial charge is 0.485 e. The highest BCUT2D eigenvalue weighted by Crippen LogP contribution is 2.31. The van der Waals surface area contributed by atoms with Crippen molar-refractivity contribution in [2.24, 2.45) is 0 Å². The fourth-order valence-electron chi connectivity index (χ4n) is 3.26. The molecule has 1 fully saturated rings. The van der Waals surface area contributed by atoms with Gasteiger partial charge >= 0.3 is 0 Å². The van der Waals surface area contributed by atoms with Gasteiger partial charge in [-0.2, -0.15) is 0 Å². The summed E-state index contributed by atoms with van der Waals surface area (Å²) in [7, 11) is 0. The van der Waals surface area contributed by atoms with Crippen molar-refractivity contribution in [3.8, 4) is 11.5 Å². The lowest BCUT2D eigenvalue weighted by atomic mass is 10.1. The maximum atomic E-state index is 12.7. The molecule has 2 aromatic carbocycles. The number of fused-ring (bicyclic) bond motifs is 1. The first-order valence-corrected chi connectivity index (χ1v) is 9.39. The van der Waals surface area contributed by atoms with Gasteiger partial charge in [-0.1, -0.05) is 24.3 Å². The summed E-state index contributed by atoms with van der Waals surface area (Å²) < 4.78 is 16.8. The molecule has 2 atom stereocenters. The van der Waals surface area contributed by atoms with Crippen molar-refractivity contribution in [2.75, 3.05) is 25.1 Å². The number of hydrogen-bond acceptors (Lipinski definition) is 5. The molecule has 0 spiro atoms. The summed E-state index contributed by atoms with van der Waals surface area (Å²) in [6.07, 6.45) is 1.22. The molecule has 4 rings (SSSR count). The maximum absolute atomic E-state index is 12.7. The summed E-state index contributed by atoms with van der Waals surface area (Å²) in [6, 6.07) is 14.1. The minimum atomic E-state index is -0.794. The average molecular weight is 382 g/mol. The van der Waals surface area contributed by atoms with E-state index in [9.17, 15) is 9.59 Å². The van der Waals surface area contributed by atoms with E-state index < -0.39 is 6.10 Å². The fourth-order valence-corrected chi connectivity index (χ4v) is 3.26. The van der Waals surface area contributed by atoms with Crippen LogP contribution in [0, 0.1) is 0 Å². The zero-order valence-corrected chi connectivity index (χ0v) is 15.4. The second-order valence-electron chi connectivity index (χ2n) is 6.74. The second kappa shape index (κ2) is 8.31. The Morgan fingerprint density at radius 2 is 1.82 bits per heavy atom. The quantitative estimate of drug-likeness (QED) is 0.829. The van der Waals surface area contributed by atoms with Crippen LogP contribution in [0.5, 0.6) is 11.5 Å². The van der Waals surface area contributed by atoms with Crippen LogP contribution in [0.2, 0.25) is 0 Å². The molecule has 7 heteroatoms. The van der Waals surface area contributed by atoms with Gasteiger partial charge in [0, 0.05) is 13.2 Å². The van der Waals surface area contributed by atoms with Crippen molar-refractivity contribution in [3.63, 3.8) is 0 Å². The average Bonchev–Trinajstić information content (AvgIpc) is 3.25. The molecule has 2 heterocycles. The molecule has 146 valence electrons. The lowest BCUT2D eigenvalue weighted by Crippen LogP contribution is -2.40. The van der Waals surface area contributed by atoms with Crippen molar-refractivity contribution in [1.82, 2.24) is 5.32 Å². The number of nitrogens with one attached hydrogen (secondary N) is 2. The van der Waals surface area contributed by atoms with Gasteiger partial charge in [0.25, 0.3) is 11.8 Å². The van der Waals surface area contributed by atoms with E-state index in [0.717, 1.165) is 19.4 Å². The Morgan fingerprint density at radius 3 is 2.64 bits per heavy atom. The Balaban J connectivity index is 1.40. The SMILES string of the molecule is O=C(NC[C@H]1CCCO1)c1ccccc1NC(=O)[C@H]1COc2ccccc2O1. The van der Waals surface area contributed by atoms with Gasteiger partial charge in [-0.3, -0.25) is 9.59 Å². The smallest absolute Gasteiger partial charge is 0.269 e. The summed E-state index contributed by atoms with van der Waals surface area (Å²) in [6.45, 7) is 1.30. The van der Waals surface area contributed by atoms with Crippen molar-refractivity contribution in [1.29, 1.82) is 0 Å². The molecule has 0 saturated carbocycles. The third-order valence-electron chi connectivity index (χ3n) is 4.74. The van der Waals surface area contributed by atoms with E-state index in [0.29, 0.717) is 29.3 Å². The number of carbonyl (C=O) groups excluding carboxylic acids is 2. The Kier molecular flexibility index (Phi) is 5.43. The summed E-state index contributed by atoms with van der Waals surface area (Å²) >= 11 is 0. The van der Waals surface area contributed by atoms with E-state index in [1.165, 1.54) is 0 Å². The van der Waals surface area contributed by atoms with Crippen molar-refractivity contribution in [3.05, 3.63) is 54.1 Å². The molecule has 0 radical (unpaired) electrons. The Hall–Kier alpha value is -3.06. The highest BCUT2D eigenvalue weighted by atomic mass is 16.6. The van der Waals surface area contributed by atoms with E-state index in [1.54, 1.807) is 36.4 Å². The number of carbonyl (C=O) groups is 2. The molecule has 2 aliphatic rings. The van der Waals surface area contributed by atoms with Crippen LogP contribution in [0.25, 0.3) is 0 Å². The molecule has 28 heavy (non-hydrogen) atoms. The maximum Gasteiger partial charge on any atom is 0.269 e. The summed E-state index contributed by atoms with van der Waals surface area (Å²) in [5.41, 5.74) is 0.825. The summed E-state index contributed by atoms with van der Waals surface area (Å²) in [5.74, 6) is 0.517. The molecule has 1 saturated heterocycles. The van der Waals surface area contributed by atoms with E-state index in [4.69, 9.17) is 14.2 Å². The zero-order chi connectivity index (χ0) is 19.3. The molecule has 0 unspecified atom stereocenters. The predicted octanol–water partition coefficient (Wildman–Crippen LogP) is 2.37. The standard InChI is InChI=1S/C21H22N2O5/c24-20(22-12-14-6-5-11-26-14)15-7-1-2-8-16(15)23-21(25)19-13-27-17-9-3-4-10-18(17)28-19/h1-4,7-10,14,19H,5-6,11-13H2,(H,22,24)(H,23,25)/t14-,19-/m1/s1.